The zero-order valence-corrected chi connectivity index (χ0v) is 14.7. The molecular weight excluding hydrogens is 320 g/mol. The molecule has 6 heteroatoms. The van der Waals surface area contributed by atoms with Crippen molar-refractivity contribution in [1.82, 2.24) is 4.98 Å². The average Bonchev–Trinajstić information content (AvgIpc) is 3.16. The van der Waals surface area contributed by atoms with Crippen molar-refractivity contribution in [3.8, 4) is 11.6 Å². The number of hydrogen-bond acceptors (Lipinski definition) is 6. The van der Waals surface area contributed by atoms with E-state index in [1.165, 1.54) is 19.8 Å². The minimum Gasteiger partial charge on any atom is -0.497 e. The van der Waals surface area contributed by atoms with Crippen molar-refractivity contribution < 1.29 is 19.0 Å². The molecule has 25 heavy (non-hydrogen) atoms. The van der Waals surface area contributed by atoms with Gasteiger partial charge in [0.25, 0.3) is 0 Å². The molecular formula is C19H22N2O4. The van der Waals surface area contributed by atoms with Crippen LogP contribution < -0.4 is 14.4 Å². The molecule has 1 aromatic heterocycles. The Bertz CT molecular complexity index is 763. The Morgan fingerprint density at radius 1 is 1.16 bits per heavy atom. The van der Waals surface area contributed by atoms with Crippen LogP contribution in [0.4, 0.5) is 5.82 Å². The smallest absolute Gasteiger partial charge is 0.343 e. The SMILES string of the molecule is COC(=O)c1ccc(N2CCCC2c2cccc(OC)c2)nc1OC. The van der Waals surface area contributed by atoms with Crippen LogP contribution in [0.2, 0.25) is 0 Å². The summed E-state index contributed by atoms with van der Waals surface area (Å²) in [5.74, 6) is 1.45. The van der Waals surface area contributed by atoms with E-state index in [2.05, 4.69) is 22.0 Å². The molecule has 1 saturated heterocycles. The Labute approximate surface area is 147 Å². The second kappa shape index (κ2) is 7.42. The number of carbonyl (C=O) groups excluding carboxylic acids is 1. The maximum absolute atomic E-state index is 11.8. The number of aromatic nitrogens is 1. The van der Waals surface area contributed by atoms with E-state index in [0.717, 1.165) is 31.0 Å². The Balaban J connectivity index is 1.93. The number of hydrogen-bond donors (Lipinski definition) is 0. The predicted molar refractivity (Wildman–Crippen MR) is 94.4 cm³/mol. The molecule has 2 heterocycles. The number of benzene rings is 1. The van der Waals surface area contributed by atoms with Crippen molar-refractivity contribution in [2.75, 3.05) is 32.8 Å². The number of anilines is 1. The summed E-state index contributed by atoms with van der Waals surface area (Å²) in [7, 11) is 4.51. The summed E-state index contributed by atoms with van der Waals surface area (Å²) in [6.07, 6.45) is 2.11. The number of ether oxygens (including phenoxy) is 3. The van der Waals surface area contributed by atoms with Gasteiger partial charge in [0.1, 0.15) is 17.1 Å². The highest BCUT2D eigenvalue weighted by molar-refractivity contribution is 5.92. The van der Waals surface area contributed by atoms with Gasteiger partial charge in [0.05, 0.1) is 27.4 Å². The third-order valence-corrected chi connectivity index (χ3v) is 4.47. The Morgan fingerprint density at radius 3 is 2.72 bits per heavy atom. The van der Waals surface area contributed by atoms with Gasteiger partial charge in [-0.25, -0.2) is 4.79 Å². The van der Waals surface area contributed by atoms with Crippen molar-refractivity contribution in [1.29, 1.82) is 0 Å². The topological polar surface area (TPSA) is 60.9 Å². The molecule has 0 saturated carbocycles. The zero-order chi connectivity index (χ0) is 17.8. The molecule has 132 valence electrons. The van der Waals surface area contributed by atoms with Gasteiger partial charge in [0, 0.05) is 6.54 Å². The summed E-state index contributed by atoms with van der Waals surface area (Å²) in [5.41, 5.74) is 1.51. The number of esters is 1. The first-order valence-electron chi connectivity index (χ1n) is 8.22. The fourth-order valence-corrected chi connectivity index (χ4v) is 3.25. The lowest BCUT2D eigenvalue weighted by molar-refractivity contribution is 0.0596. The minimum atomic E-state index is -0.457. The lowest BCUT2D eigenvalue weighted by atomic mass is 10.0. The molecule has 1 aliphatic rings. The quantitative estimate of drug-likeness (QED) is 0.778. The number of pyridine rings is 1. The molecule has 1 fully saturated rings. The normalized spacial score (nSPS) is 16.6. The van der Waals surface area contributed by atoms with Crippen LogP contribution in [0.15, 0.2) is 36.4 Å². The first-order chi connectivity index (χ1) is 12.2. The van der Waals surface area contributed by atoms with Gasteiger partial charge in [0.2, 0.25) is 5.88 Å². The van der Waals surface area contributed by atoms with Crippen molar-refractivity contribution in [3.05, 3.63) is 47.5 Å². The highest BCUT2D eigenvalue weighted by Gasteiger charge is 2.28. The first kappa shape index (κ1) is 17.1. The van der Waals surface area contributed by atoms with Gasteiger partial charge < -0.3 is 19.1 Å². The highest BCUT2D eigenvalue weighted by Crippen LogP contribution is 2.37. The maximum Gasteiger partial charge on any atom is 0.343 e. The van der Waals surface area contributed by atoms with E-state index in [0.29, 0.717) is 5.56 Å². The van der Waals surface area contributed by atoms with Gasteiger partial charge in [-0.1, -0.05) is 12.1 Å². The molecule has 2 aromatic rings. The molecule has 3 rings (SSSR count). The lowest BCUT2D eigenvalue weighted by Crippen LogP contribution is -2.24. The Morgan fingerprint density at radius 2 is 2.00 bits per heavy atom. The Kier molecular flexibility index (Phi) is 5.07. The summed E-state index contributed by atoms with van der Waals surface area (Å²) in [6, 6.07) is 11.9. The third kappa shape index (κ3) is 3.38. The van der Waals surface area contributed by atoms with Crippen molar-refractivity contribution in [3.63, 3.8) is 0 Å². The van der Waals surface area contributed by atoms with Gasteiger partial charge in [-0.2, -0.15) is 4.98 Å². The van der Waals surface area contributed by atoms with Crippen LogP contribution in [0.1, 0.15) is 34.8 Å². The summed E-state index contributed by atoms with van der Waals surface area (Å²) in [5, 5.41) is 0. The molecule has 0 spiro atoms. The van der Waals surface area contributed by atoms with E-state index in [-0.39, 0.29) is 11.9 Å². The summed E-state index contributed by atoms with van der Waals surface area (Å²) < 4.78 is 15.4. The molecule has 0 radical (unpaired) electrons. The number of methoxy groups -OCH3 is 3. The second-order valence-electron chi connectivity index (χ2n) is 5.85. The summed E-state index contributed by atoms with van der Waals surface area (Å²) in [6.45, 7) is 0.898. The third-order valence-electron chi connectivity index (χ3n) is 4.47. The average molecular weight is 342 g/mol. The van der Waals surface area contributed by atoms with E-state index in [1.807, 2.05) is 18.2 Å². The molecule has 1 aliphatic heterocycles. The summed E-state index contributed by atoms with van der Waals surface area (Å²) in [4.78, 5) is 18.6. The first-order valence-corrected chi connectivity index (χ1v) is 8.22. The van der Waals surface area contributed by atoms with E-state index in [9.17, 15) is 4.79 Å². The molecule has 6 nitrogen and oxygen atoms in total. The second-order valence-corrected chi connectivity index (χ2v) is 5.85. The number of rotatable bonds is 5. The molecule has 0 N–H and O–H groups in total. The predicted octanol–water partition coefficient (Wildman–Crippen LogP) is 3.23. The zero-order valence-electron chi connectivity index (χ0n) is 14.7. The molecule has 1 atom stereocenters. The van der Waals surface area contributed by atoms with E-state index < -0.39 is 5.97 Å². The lowest BCUT2D eigenvalue weighted by Gasteiger charge is -2.27. The molecule has 1 aromatic carbocycles. The summed E-state index contributed by atoms with van der Waals surface area (Å²) >= 11 is 0. The Hall–Kier alpha value is -2.76. The van der Waals surface area contributed by atoms with E-state index in [4.69, 9.17) is 14.2 Å². The van der Waals surface area contributed by atoms with Crippen LogP contribution in [0.3, 0.4) is 0 Å². The van der Waals surface area contributed by atoms with Gasteiger partial charge in [-0.15, -0.1) is 0 Å². The highest BCUT2D eigenvalue weighted by atomic mass is 16.5. The van der Waals surface area contributed by atoms with Gasteiger partial charge in [-0.3, -0.25) is 0 Å². The number of nitrogens with zero attached hydrogens (tertiary/aromatic N) is 2. The van der Waals surface area contributed by atoms with Gasteiger partial charge in [0.15, 0.2) is 0 Å². The molecule has 1 unspecified atom stereocenters. The molecule has 0 aliphatic carbocycles. The van der Waals surface area contributed by atoms with Gasteiger partial charge in [-0.05, 0) is 42.7 Å². The molecule has 0 amide bonds. The largest absolute Gasteiger partial charge is 0.497 e. The van der Waals surface area contributed by atoms with Crippen LogP contribution in [0.25, 0.3) is 0 Å². The standard InChI is InChI=1S/C19H22N2O4/c1-23-14-7-4-6-13(12-14)16-8-5-11-21(16)17-10-9-15(19(22)25-3)18(20-17)24-2/h4,6-7,9-10,12,16H,5,8,11H2,1-3H3. The van der Waals surface area contributed by atoms with E-state index >= 15 is 0 Å². The van der Waals surface area contributed by atoms with Crippen molar-refractivity contribution in [2.24, 2.45) is 0 Å². The van der Waals surface area contributed by atoms with Crippen LogP contribution in [0, 0.1) is 0 Å². The number of carbonyl (C=O) groups is 1. The molecule has 0 bridgehead atoms. The fraction of sp³-hybridized carbons (Fsp3) is 0.368. The van der Waals surface area contributed by atoms with Crippen molar-refractivity contribution in [2.45, 2.75) is 18.9 Å². The fourth-order valence-electron chi connectivity index (χ4n) is 3.25. The monoisotopic (exact) mass is 342 g/mol. The van der Waals surface area contributed by atoms with Crippen LogP contribution in [-0.2, 0) is 4.74 Å². The van der Waals surface area contributed by atoms with Gasteiger partial charge >= 0.3 is 5.97 Å². The maximum atomic E-state index is 11.8. The van der Waals surface area contributed by atoms with Crippen LogP contribution >= 0.6 is 0 Å². The van der Waals surface area contributed by atoms with Crippen molar-refractivity contribution >= 4 is 11.8 Å². The van der Waals surface area contributed by atoms with Crippen LogP contribution in [0.5, 0.6) is 11.6 Å². The van der Waals surface area contributed by atoms with Crippen LogP contribution in [-0.4, -0.2) is 38.8 Å². The van der Waals surface area contributed by atoms with E-state index in [1.54, 1.807) is 13.2 Å². The minimum absolute atomic E-state index is 0.219.